The fourth-order valence-electron chi connectivity index (χ4n) is 3.38. The highest BCUT2D eigenvalue weighted by Gasteiger charge is 2.42. The fourth-order valence-corrected chi connectivity index (χ4v) is 4.97. The van der Waals surface area contributed by atoms with Crippen LogP contribution in [0.1, 0.15) is 26.2 Å². The van der Waals surface area contributed by atoms with Crippen molar-refractivity contribution in [2.75, 3.05) is 31.7 Å². The van der Waals surface area contributed by atoms with E-state index >= 15 is 0 Å². The van der Waals surface area contributed by atoms with Gasteiger partial charge in [0, 0.05) is 24.2 Å². The molecular formula is C12H24N2O3S. The Labute approximate surface area is 109 Å². The fraction of sp³-hybridized carbons (Fsp3) is 1.00. The Morgan fingerprint density at radius 3 is 2.72 bits per heavy atom. The molecule has 0 spiro atoms. The van der Waals surface area contributed by atoms with Gasteiger partial charge in [-0.25, -0.2) is 8.42 Å². The first-order chi connectivity index (χ1) is 8.41. The Hall–Kier alpha value is -0.170. The van der Waals surface area contributed by atoms with Crippen molar-refractivity contribution in [1.29, 1.82) is 0 Å². The Bertz CT molecular complexity index is 392. The summed E-state index contributed by atoms with van der Waals surface area (Å²) >= 11 is 0. The molecule has 0 aromatic heterocycles. The molecule has 1 aliphatic carbocycles. The van der Waals surface area contributed by atoms with Crippen LogP contribution in [0.15, 0.2) is 0 Å². The van der Waals surface area contributed by atoms with Crippen molar-refractivity contribution in [3.8, 4) is 0 Å². The molecule has 106 valence electrons. The van der Waals surface area contributed by atoms with Gasteiger partial charge in [0.05, 0.1) is 18.1 Å². The highest BCUT2D eigenvalue weighted by molar-refractivity contribution is 7.91. The molecule has 1 aliphatic heterocycles. The predicted octanol–water partition coefficient (Wildman–Crippen LogP) is -0.392. The van der Waals surface area contributed by atoms with Gasteiger partial charge in [-0.2, -0.15) is 0 Å². The molecule has 5 nitrogen and oxygen atoms in total. The van der Waals surface area contributed by atoms with Crippen molar-refractivity contribution >= 4 is 9.84 Å². The third-order valence-electron chi connectivity index (χ3n) is 4.61. The van der Waals surface area contributed by atoms with Gasteiger partial charge in [-0.15, -0.1) is 0 Å². The molecular weight excluding hydrogens is 252 g/mol. The molecule has 1 heterocycles. The van der Waals surface area contributed by atoms with Crippen molar-refractivity contribution in [2.45, 2.75) is 43.8 Å². The summed E-state index contributed by atoms with van der Waals surface area (Å²) in [5.74, 6) is 0.550. The molecule has 0 amide bonds. The molecule has 2 rings (SSSR count). The zero-order valence-corrected chi connectivity index (χ0v) is 12.0. The molecule has 6 heteroatoms. The first-order valence-corrected chi connectivity index (χ1v) is 8.49. The molecule has 2 N–H and O–H groups in total. The zero-order chi connectivity index (χ0) is 13.4. The van der Waals surface area contributed by atoms with Crippen LogP contribution in [0.2, 0.25) is 0 Å². The van der Waals surface area contributed by atoms with Gasteiger partial charge >= 0.3 is 0 Å². The lowest BCUT2D eigenvalue weighted by Gasteiger charge is -2.38. The SMILES string of the molecule is CNC1(CO)CCC(N2CCS(=O)(=O)CC2C)C1. The van der Waals surface area contributed by atoms with E-state index in [2.05, 4.69) is 10.2 Å². The van der Waals surface area contributed by atoms with Gasteiger partial charge in [0.1, 0.15) is 0 Å². The highest BCUT2D eigenvalue weighted by Crippen LogP contribution is 2.34. The monoisotopic (exact) mass is 276 g/mol. The average molecular weight is 276 g/mol. The third-order valence-corrected chi connectivity index (χ3v) is 6.40. The van der Waals surface area contributed by atoms with E-state index in [9.17, 15) is 13.5 Å². The van der Waals surface area contributed by atoms with Crippen molar-refractivity contribution in [2.24, 2.45) is 0 Å². The second-order valence-electron chi connectivity index (χ2n) is 5.79. The van der Waals surface area contributed by atoms with Gasteiger partial charge in [-0.05, 0) is 33.2 Å². The second kappa shape index (κ2) is 5.07. The molecule has 0 aromatic rings. The highest BCUT2D eigenvalue weighted by atomic mass is 32.2. The number of nitrogens with one attached hydrogen (secondary N) is 1. The molecule has 1 saturated carbocycles. The van der Waals surface area contributed by atoms with Crippen LogP contribution in [0.25, 0.3) is 0 Å². The van der Waals surface area contributed by atoms with Crippen LogP contribution in [0.4, 0.5) is 0 Å². The van der Waals surface area contributed by atoms with E-state index in [4.69, 9.17) is 0 Å². The minimum Gasteiger partial charge on any atom is -0.394 e. The number of sulfone groups is 1. The van der Waals surface area contributed by atoms with Crippen molar-refractivity contribution in [3.63, 3.8) is 0 Å². The van der Waals surface area contributed by atoms with Gasteiger partial charge < -0.3 is 10.4 Å². The Balaban J connectivity index is 2.02. The molecule has 2 fully saturated rings. The lowest BCUT2D eigenvalue weighted by atomic mass is 9.98. The summed E-state index contributed by atoms with van der Waals surface area (Å²) in [6.45, 7) is 2.79. The number of hydrogen-bond acceptors (Lipinski definition) is 5. The van der Waals surface area contributed by atoms with Gasteiger partial charge in [0.15, 0.2) is 9.84 Å². The van der Waals surface area contributed by atoms with E-state index in [0.29, 0.717) is 12.6 Å². The summed E-state index contributed by atoms with van der Waals surface area (Å²) in [4.78, 5) is 2.32. The van der Waals surface area contributed by atoms with Crippen LogP contribution in [-0.2, 0) is 9.84 Å². The Morgan fingerprint density at radius 2 is 2.22 bits per heavy atom. The van der Waals surface area contributed by atoms with Gasteiger partial charge in [-0.1, -0.05) is 0 Å². The first-order valence-electron chi connectivity index (χ1n) is 6.67. The topological polar surface area (TPSA) is 69.6 Å². The maximum Gasteiger partial charge on any atom is 0.153 e. The summed E-state index contributed by atoms with van der Waals surface area (Å²) < 4.78 is 23.2. The number of rotatable bonds is 3. The second-order valence-corrected chi connectivity index (χ2v) is 8.01. The van der Waals surface area contributed by atoms with Gasteiger partial charge in [-0.3, -0.25) is 4.90 Å². The lowest BCUT2D eigenvalue weighted by molar-refractivity contribution is 0.131. The summed E-state index contributed by atoms with van der Waals surface area (Å²) in [6.07, 6.45) is 2.90. The summed E-state index contributed by atoms with van der Waals surface area (Å²) in [7, 11) is -0.949. The molecule has 3 unspecified atom stereocenters. The Morgan fingerprint density at radius 1 is 1.50 bits per heavy atom. The van der Waals surface area contributed by atoms with E-state index in [0.717, 1.165) is 19.3 Å². The quantitative estimate of drug-likeness (QED) is 0.734. The molecule has 0 radical (unpaired) electrons. The van der Waals surface area contributed by atoms with Crippen LogP contribution in [-0.4, -0.2) is 67.8 Å². The van der Waals surface area contributed by atoms with Gasteiger partial charge in [0.25, 0.3) is 0 Å². The normalized spacial score (nSPS) is 41.1. The number of aliphatic hydroxyl groups is 1. The number of nitrogens with zero attached hydrogens (tertiary/aromatic N) is 1. The molecule has 1 saturated heterocycles. The maximum atomic E-state index is 11.6. The molecule has 18 heavy (non-hydrogen) atoms. The van der Waals surface area contributed by atoms with E-state index in [1.807, 2.05) is 14.0 Å². The van der Waals surface area contributed by atoms with Crippen molar-refractivity contribution < 1.29 is 13.5 Å². The van der Waals surface area contributed by atoms with Crippen LogP contribution in [0.3, 0.4) is 0 Å². The third kappa shape index (κ3) is 2.71. The van der Waals surface area contributed by atoms with E-state index < -0.39 is 9.84 Å². The molecule has 2 aliphatic rings. The minimum atomic E-state index is -2.84. The number of aliphatic hydroxyl groups excluding tert-OH is 1. The molecule has 3 atom stereocenters. The summed E-state index contributed by atoms with van der Waals surface area (Å²) in [6, 6.07) is 0.496. The van der Waals surface area contributed by atoms with Crippen LogP contribution >= 0.6 is 0 Å². The molecule has 0 aromatic carbocycles. The minimum absolute atomic E-state index is 0.0973. The first kappa shape index (κ1) is 14.2. The van der Waals surface area contributed by atoms with E-state index in [-0.39, 0.29) is 29.7 Å². The largest absolute Gasteiger partial charge is 0.394 e. The van der Waals surface area contributed by atoms with E-state index in [1.165, 1.54) is 0 Å². The maximum absolute atomic E-state index is 11.6. The van der Waals surface area contributed by atoms with E-state index in [1.54, 1.807) is 0 Å². The lowest BCUT2D eigenvalue weighted by Crippen LogP contribution is -2.52. The van der Waals surface area contributed by atoms with Gasteiger partial charge in [0.2, 0.25) is 0 Å². The zero-order valence-electron chi connectivity index (χ0n) is 11.2. The number of likely N-dealkylation sites (N-methyl/N-ethyl adjacent to an activating group) is 1. The van der Waals surface area contributed by atoms with Crippen molar-refractivity contribution in [1.82, 2.24) is 10.2 Å². The van der Waals surface area contributed by atoms with Crippen LogP contribution in [0, 0.1) is 0 Å². The van der Waals surface area contributed by atoms with Crippen LogP contribution in [0.5, 0.6) is 0 Å². The van der Waals surface area contributed by atoms with Crippen LogP contribution < -0.4 is 5.32 Å². The predicted molar refractivity (Wildman–Crippen MR) is 71.3 cm³/mol. The molecule has 0 bridgehead atoms. The smallest absolute Gasteiger partial charge is 0.153 e. The average Bonchev–Trinajstić information content (AvgIpc) is 2.73. The number of hydrogen-bond donors (Lipinski definition) is 2. The summed E-state index contributed by atoms with van der Waals surface area (Å²) in [5.41, 5.74) is -0.166. The van der Waals surface area contributed by atoms with Crippen molar-refractivity contribution in [3.05, 3.63) is 0 Å². The Kier molecular flexibility index (Phi) is 4.02. The summed E-state index contributed by atoms with van der Waals surface area (Å²) in [5, 5.41) is 12.7. The standard InChI is InChI=1S/C12H24N2O3S/c1-10-8-18(16,17)6-5-14(10)11-3-4-12(7-11,9-15)13-2/h10-11,13,15H,3-9H2,1-2H3.